The molecule has 4 nitrogen and oxygen atoms in total. The minimum atomic E-state index is -0.549. The van der Waals surface area contributed by atoms with Gasteiger partial charge >= 0.3 is 0 Å². The number of hydrogen-bond acceptors (Lipinski definition) is 4. The number of amidine groups is 2. The normalized spacial score (nSPS) is 15.8. The van der Waals surface area contributed by atoms with Crippen molar-refractivity contribution in [3.63, 3.8) is 0 Å². The zero-order valence-corrected chi connectivity index (χ0v) is 17.5. The first kappa shape index (κ1) is 22.2. The van der Waals surface area contributed by atoms with Crippen LogP contribution in [0, 0.1) is 0 Å². The second kappa shape index (κ2) is 11.0. The Hall–Kier alpha value is -3.11. The predicted molar refractivity (Wildman–Crippen MR) is 124 cm³/mol. The lowest BCUT2D eigenvalue weighted by Crippen LogP contribution is -2.37. The number of nitrogens with zero attached hydrogens (tertiary/aromatic N) is 3. The molecule has 1 unspecified atom stereocenters. The Labute approximate surface area is 177 Å². The molecule has 1 N–H and O–H groups in total. The number of benzene rings is 2. The second-order valence-electron chi connectivity index (χ2n) is 6.26. The smallest absolute Gasteiger partial charge is 0.201 e. The van der Waals surface area contributed by atoms with Crippen LogP contribution < -0.4 is 0 Å². The number of hydrogen-bond donors (Lipinski definition) is 1. The van der Waals surface area contributed by atoms with E-state index in [1.807, 2.05) is 68.6 Å². The standard InChI is InChI=1S/C20H20ClN3O.C4H6/c1-3-4-8-14-11-12-16(13-17(14)25)19-22-18(23-20(21)24(19)2)15-9-6-5-7-10-15;1-3-4-2/h3-7,9-13,20,25H,8H2,1-2H3;3-4H,1-2H2/b4-3-;. The van der Waals surface area contributed by atoms with E-state index in [1.54, 1.807) is 23.1 Å². The first-order valence-electron chi connectivity index (χ1n) is 9.27. The van der Waals surface area contributed by atoms with Gasteiger partial charge in [0.2, 0.25) is 5.62 Å². The van der Waals surface area contributed by atoms with Crippen molar-refractivity contribution < 1.29 is 5.11 Å². The minimum absolute atomic E-state index is 0.251. The Bertz CT molecular complexity index is 926. The van der Waals surface area contributed by atoms with Crippen molar-refractivity contribution in [2.75, 3.05) is 7.05 Å². The largest absolute Gasteiger partial charge is 0.508 e. The highest BCUT2D eigenvalue weighted by molar-refractivity contribution is 6.25. The maximum Gasteiger partial charge on any atom is 0.201 e. The summed E-state index contributed by atoms with van der Waals surface area (Å²) in [4.78, 5) is 10.9. The van der Waals surface area contributed by atoms with Crippen molar-refractivity contribution in [3.8, 4) is 5.75 Å². The van der Waals surface area contributed by atoms with Crippen LogP contribution in [0.15, 0.2) is 96.0 Å². The molecule has 1 aliphatic rings. The van der Waals surface area contributed by atoms with Crippen LogP contribution in [0.1, 0.15) is 23.6 Å². The Morgan fingerprint density at radius 3 is 2.38 bits per heavy atom. The summed E-state index contributed by atoms with van der Waals surface area (Å²) in [5, 5.41) is 10.3. The van der Waals surface area contributed by atoms with Crippen LogP contribution in [0.5, 0.6) is 5.75 Å². The van der Waals surface area contributed by atoms with E-state index in [-0.39, 0.29) is 5.75 Å². The third kappa shape index (κ3) is 5.93. The van der Waals surface area contributed by atoms with Crippen molar-refractivity contribution in [2.24, 2.45) is 9.98 Å². The second-order valence-corrected chi connectivity index (χ2v) is 6.65. The summed E-state index contributed by atoms with van der Waals surface area (Å²) in [5.74, 6) is 1.52. The molecular weight excluding hydrogens is 382 g/mol. The summed E-state index contributed by atoms with van der Waals surface area (Å²) >= 11 is 6.38. The maximum absolute atomic E-state index is 10.3. The zero-order valence-electron chi connectivity index (χ0n) is 16.8. The topological polar surface area (TPSA) is 48.2 Å². The monoisotopic (exact) mass is 407 g/mol. The van der Waals surface area contributed by atoms with Gasteiger partial charge in [-0.25, -0.2) is 9.98 Å². The molecule has 1 aliphatic heterocycles. The number of phenols is 1. The number of alkyl halides is 1. The molecule has 1 heterocycles. The van der Waals surface area contributed by atoms with Crippen LogP contribution >= 0.6 is 11.6 Å². The summed E-state index contributed by atoms with van der Waals surface area (Å²) < 4.78 is 0. The first-order valence-corrected chi connectivity index (χ1v) is 9.71. The van der Waals surface area contributed by atoms with Crippen LogP contribution in [-0.2, 0) is 6.42 Å². The average molecular weight is 408 g/mol. The number of aromatic hydroxyl groups is 1. The summed E-state index contributed by atoms with van der Waals surface area (Å²) in [5.41, 5.74) is 2.04. The number of halogens is 1. The number of aliphatic imine (C=N–C) groups is 2. The van der Waals surface area contributed by atoms with Crippen LogP contribution in [-0.4, -0.2) is 34.4 Å². The summed E-state index contributed by atoms with van der Waals surface area (Å²) in [6.45, 7) is 8.68. The van der Waals surface area contributed by atoms with Gasteiger partial charge < -0.3 is 10.0 Å². The van der Waals surface area contributed by atoms with Crippen molar-refractivity contribution in [2.45, 2.75) is 19.0 Å². The lowest BCUT2D eigenvalue weighted by atomic mass is 10.1. The van der Waals surface area contributed by atoms with E-state index in [9.17, 15) is 5.11 Å². The number of phenolic OH excluding ortho intramolecular Hbond substituents is 1. The van der Waals surface area contributed by atoms with Crippen molar-refractivity contribution in [1.82, 2.24) is 4.90 Å². The van der Waals surface area contributed by atoms with E-state index in [0.29, 0.717) is 18.1 Å². The van der Waals surface area contributed by atoms with Gasteiger partial charge in [0.05, 0.1) is 0 Å². The van der Waals surface area contributed by atoms with E-state index in [4.69, 9.17) is 11.6 Å². The van der Waals surface area contributed by atoms with Gasteiger partial charge in [-0.05, 0) is 25.0 Å². The molecule has 0 saturated carbocycles. The van der Waals surface area contributed by atoms with Gasteiger partial charge in [-0.1, -0.05) is 91.5 Å². The van der Waals surface area contributed by atoms with Gasteiger partial charge in [0.25, 0.3) is 0 Å². The molecule has 0 saturated heterocycles. The summed E-state index contributed by atoms with van der Waals surface area (Å²) in [6.07, 6.45) is 7.95. The van der Waals surface area contributed by atoms with E-state index in [1.165, 1.54) is 0 Å². The fourth-order valence-corrected chi connectivity index (χ4v) is 2.80. The lowest BCUT2D eigenvalue weighted by molar-refractivity contribution is 0.464. The highest BCUT2D eigenvalue weighted by atomic mass is 35.5. The molecule has 150 valence electrons. The van der Waals surface area contributed by atoms with Gasteiger partial charge in [0, 0.05) is 18.2 Å². The van der Waals surface area contributed by atoms with Gasteiger partial charge in [-0.2, -0.15) is 0 Å². The van der Waals surface area contributed by atoms with Gasteiger partial charge in [0.1, 0.15) is 11.6 Å². The fourth-order valence-electron chi connectivity index (χ4n) is 2.61. The van der Waals surface area contributed by atoms with Gasteiger partial charge in [-0.3, -0.25) is 0 Å². The van der Waals surface area contributed by atoms with Gasteiger partial charge in [0.15, 0.2) is 5.84 Å². The molecule has 0 amide bonds. The molecule has 2 aromatic carbocycles. The minimum Gasteiger partial charge on any atom is -0.508 e. The van der Waals surface area contributed by atoms with Crippen LogP contribution in [0.25, 0.3) is 0 Å². The van der Waals surface area contributed by atoms with Crippen molar-refractivity contribution in [1.29, 1.82) is 0 Å². The third-order valence-corrected chi connectivity index (χ3v) is 4.60. The molecule has 5 heteroatoms. The van der Waals surface area contributed by atoms with E-state index in [2.05, 4.69) is 23.1 Å². The molecular formula is C24H26ClN3O. The van der Waals surface area contributed by atoms with Crippen molar-refractivity contribution in [3.05, 3.63) is 103 Å². The SMILES string of the molecule is C/C=C\Cc1ccc(C2=NC(c3ccccc3)=NC(Cl)N2C)cc1O.C=CC=C. The zero-order chi connectivity index (χ0) is 21.2. The highest BCUT2D eigenvalue weighted by Crippen LogP contribution is 2.24. The quantitative estimate of drug-likeness (QED) is 0.306. The van der Waals surface area contributed by atoms with E-state index < -0.39 is 5.62 Å². The Morgan fingerprint density at radius 1 is 1.10 bits per heavy atom. The average Bonchev–Trinajstić information content (AvgIpc) is 2.75. The molecule has 0 spiro atoms. The van der Waals surface area contributed by atoms with E-state index in [0.717, 1.165) is 16.7 Å². The molecule has 2 aromatic rings. The molecule has 0 aliphatic carbocycles. The van der Waals surface area contributed by atoms with Crippen molar-refractivity contribution >= 4 is 23.3 Å². The van der Waals surface area contributed by atoms with E-state index >= 15 is 0 Å². The fraction of sp³-hybridized carbons (Fsp3) is 0.167. The van der Waals surface area contributed by atoms with Crippen LogP contribution in [0.3, 0.4) is 0 Å². The highest BCUT2D eigenvalue weighted by Gasteiger charge is 2.23. The van der Waals surface area contributed by atoms with Crippen LogP contribution in [0.2, 0.25) is 0 Å². The Kier molecular flexibility index (Phi) is 8.44. The van der Waals surface area contributed by atoms with Gasteiger partial charge in [-0.15, -0.1) is 0 Å². The maximum atomic E-state index is 10.3. The molecule has 0 aromatic heterocycles. The lowest BCUT2D eigenvalue weighted by Gasteiger charge is -2.28. The summed E-state index contributed by atoms with van der Waals surface area (Å²) in [7, 11) is 1.84. The summed E-state index contributed by atoms with van der Waals surface area (Å²) in [6, 6.07) is 15.3. The number of rotatable bonds is 5. The molecule has 1 atom stereocenters. The van der Waals surface area contributed by atoms with Crippen LogP contribution in [0.4, 0.5) is 0 Å². The predicted octanol–water partition coefficient (Wildman–Crippen LogP) is 5.53. The molecule has 3 rings (SSSR count). The first-order chi connectivity index (χ1) is 14.0. The molecule has 0 fully saturated rings. The molecule has 0 bridgehead atoms. The Balaban J connectivity index is 0.000000687. The Morgan fingerprint density at radius 2 is 1.79 bits per heavy atom. The number of allylic oxidation sites excluding steroid dienone is 4. The molecule has 0 radical (unpaired) electrons. The third-order valence-electron chi connectivity index (χ3n) is 4.21. The molecule has 29 heavy (non-hydrogen) atoms.